The van der Waals surface area contributed by atoms with Crippen LogP contribution >= 0.6 is 0 Å². The van der Waals surface area contributed by atoms with Crippen molar-refractivity contribution in [2.24, 2.45) is 0 Å². The third-order valence-electron chi connectivity index (χ3n) is 2.75. The standard InChI is InChI=1S/C13H15FN2O2/c1-9(15-2)10-3-4-13(12(14)7-10)17-8-11-5-6-16-18-11/h3-7,9,15H,8H2,1-2H3. The molecule has 1 heterocycles. The van der Waals surface area contributed by atoms with Gasteiger partial charge < -0.3 is 14.6 Å². The summed E-state index contributed by atoms with van der Waals surface area (Å²) in [5.41, 5.74) is 0.877. The summed E-state index contributed by atoms with van der Waals surface area (Å²) in [7, 11) is 1.83. The third-order valence-corrected chi connectivity index (χ3v) is 2.75. The van der Waals surface area contributed by atoms with E-state index in [4.69, 9.17) is 9.26 Å². The van der Waals surface area contributed by atoms with Crippen LogP contribution in [-0.4, -0.2) is 12.2 Å². The van der Waals surface area contributed by atoms with Crippen molar-refractivity contribution in [1.82, 2.24) is 10.5 Å². The van der Waals surface area contributed by atoms with Gasteiger partial charge in [0.25, 0.3) is 0 Å². The van der Waals surface area contributed by atoms with E-state index in [9.17, 15) is 4.39 Å². The maximum atomic E-state index is 13.8. The number of benzene rings is 1. The Kier molecular flexibility index (Phi) is 3.94. The van der Waals surface area contributed by atoms with Crippen LogP contribution in [0.5, 0.6) is 5.75 Å². The number of hydrogen-bond donors (Lipinski definition) is 1. The van der Waals surface area contributed by atoms with Crippen LogP contribution in [0.1, 0.15) is 24.3 Å². The molecule has 0 spiro atoms. The van der Waals surface area contributed by atoms with Gasteiger partial charge in [-0.05, 0) is 31.7 Å². The second-order valence-corrected chi connectivity index (χ2v) is 3.97. The molecule has 1 unspecified atom stereocenters. The molecule has 1 aromatic carbocycles. The van der Waals surface area contributed by atoms with E-state index in [2.05, 4.69) is 10.5 Å². The van der Waals surface area contributed by atoms with Crippen LogP contribution in [0.15, 0.2) is 35.0 Å². The summed E-state index contributed by atoms with van der Waals surface area (Å²) in [6, 6.07) is 6.70. The largest absolute Gasteiger partial charge is 0.482 e. The van der Waals surface area contributed by atoms with E-state index >= 15 is 0 Å². The number of halogens is 1. The quantitative estimate of drug-likeness (QED) is 0.886. The smallest absolute Gasteiger partial charge is 0.174 e. The highest BCUT2D eigenvalue weighted by atomic mass is 19.1. The van der Waals surface area contributed by atoms with Crippen LogP contribution in [0.3, 0.4) is 0 Å². The zero-order chi connectivity index (χ0) is 13.0. The molecule has 0 saturated heterocycles. The number of rotatable bonds is 5. The van der Waals surface area contributed by atoms with Crippen molar-refractivity contribution in [2.75, 3.05) is 7.05 Å². The average molecular weight is 250 g/mol. The highest BCUT2D eigenvalue weighted by Gasteiger charge is 2.09. The van der Waals surface area contributed by atoms with Gasteiger partial charge in [0.15, 0.2) is 17.3 Å². The Morgan fingerprint density at radius 1 is 1.44 bits per heavy atom. The molecular formula is C13H15FN2O2. The molecule has 0 aliphatic heterocycles. The Bertz CT molecular complexity index is 500. The van der Waals surface area contributed by atoms with Crippen LogP contribution in [-0.2, 0) is 6.61 Å². The monoisotopic (exact) mass is 250 g/mol. The molecule has 0 aliphatic rings. The Labute approximate surface area is 105 Å². The first-order valence-electron chi connectivity index (χ1n) is 5.69. The maximum Gasteiger partial charge on any atom is 0.174 e. The van der Waals surface area contributed by atoms with Gasteiger partial charge in [0.05, 0.1) is 6.20 Å². The molecule has 5 heteroatoms. The van der Waals surface area contributed by atoms with Crippen LogP contribution in [0, 0.1) is 5.82 Å². The molecule has 0 aliphatic carbocycles. The first-order valence-corrected chi connectivity index (χ1v) is 5.69. The van der Waals surface area contributed by atoms with E-state index < -0.39 is 0 Å². The highest BCUT2D eigenvalue weighted by Crippen LogP contribution is 2.22. The van der Waals surface area contributed by atoms with Gasteiger partial charge in [-0.2, -0.15) is 0 Å². The Hall–Kier alpha value is -1.88. The van der Waals surface area contributed by atoms with E-state index in [0.717, 1.165) is 5.56 Å². The lowest BCUT2D eigenvalue weighted by Gasteiger charge is -2.12. The maximum absolute atomic E-state index is 13.8. The van der Waals surface area contributed by atoms with Crippen molar-refractivity contribution in [1.29, 1.82) is 0 Å². The SMILES string of the molecule is CNC(C)c1ccc(OCc2ccno2)c(F)c1. The third kappa shape index (κ3) is 2.87. The summed E-state index contributed by atoms with van der Waals surface area (Å²) >= 11 is 0. The molecule has 0 bridgehead atoms. The molecule has 0 fully saturated rings. The van der Waals surface area contributed by atoms with E-state index in [-0.39, 0.29) is 24.2 Å². The molecule has 2 aromatic rings. The first-order chi connectivity index (χ1) is 8.70. The summed E-state index contributed by atoms with van der Waals surface area (Å²) in [5.74, 6) is 0.384. The van der Waals surface area contributed by atoms with Crippen molar-refractivity contribution < 1.29 is 13.7 Å². The highest BCUT2D eigenvalue weighted by molar-refractivity contribution is 5.30. The van der Waals surface area contributed by atoms with Crippen molar-refractivity contribution in [3.05, 3.63) is 47.6 Å². The predicted octanol–water partition coefficient (Wildman–Crippen LogP) is 2.67. The van der Waals surface area contributed by atoms with Gasteiger partial charge in [0.2, 0.25) is 0 Å². The molecule has 1 N–H and O–H groups in total. The molecule has 96 valence electrons. The lowest BCUT2D eigenvalue weighted by molar-refractivity contribution is 0.240. The van der Waals surface area contributed by atoms with Gasteiger partial charge in [-0.3, -0.25) is 0 Å². The van der Waals surface area contributed by atoms with Gasteiger partial charge in [-0.15, -0.1) is 0 Å². The second kappa shape index (κ2) is 5.64. The van der Waals surface area contributed by atoms with E-state index in [1.54, 1.807) is 12.1 Å². The van der Waals surface area contributed by atoms with Crippen molar-refractivity contribution >= 4 is 0 Å². The normalized spacial score (nSPS) is 12.4. The van der Waals surface area contributed by atoms with Crippen LogP contribution < -0.4 is 10.1 Å². The number of nitrogens with one attached hydrogen (secondary N) is 1. The molecule has 1 aromatic heterocycles. The Balaban J connectivity index is 2.05. The van der Waals surface area contributed by atoms with E-state index in [1.165, 1.54) is 12.3 Å². The number of hydrogen-bond acceptors (Lipinski definition) is 4. The fourth-order valence-electron chi connectivity index (χ4n) is 1.54. The van der Waals surface area contributed by atoms with E-state index in [1.807, 2.05) is 20.0 Å². The van der Waals surface area contributed by atoms with Crippen LogP contribution in [0.2, 0.25) is 0 Å². The Morgan fingerprint density at radius 3 is 2.89 bits per heavy atom. The lowest BCUT2D eigenvalue weighted by Crippen LogP contribution is -2.12. The minimum atomic E-state index is -0.380. The Morgan fingerprint density at radius 2 is 2.28 bits per heavy atom. The molecule has 18 heavy (non-hydrogen) atoms. The van der Waals surface area contributed by atoms with Crippen LogP contribution in [0.25, 0.3) is 0 Å². The molecule has 0 amide bonds. The van der Waals surface area contributed by atoms with Gasteiger partial charge in [0, 0.05) is 12.1 Å². The fourth-order valence-corrected chi connectivity index (χ4v) is 1.54. The summed E-state index contributed by atoms with van der Waals surface area (Å²) < 4.78 is 24.0. The summed E-state index contributed by atoms with van der Waals surface area (Å²) in [6.07, 6.45) is 1.52. The molecule has 4 nitrogen and oxygen atoms in total. The van der Waals surface area contributed by atoms with Gasteiger partial charge in [-0.1, -0.05) is 11.2 Å². The molecular weight excluding hydrogens is 235 g/mol. The first kappa shape index (κ1) is 12.6. The lowest BCUT2D eigenvalue weighted by atomic mass is 10.1. The minimum Gasteiger partial charge on any atom is -0.482 e. The molecule has 1 atom stereocenters. The second-order valence-electron chi connectivity index (χ2n) is 3.97. The van der Waals surface area contributed by atoms with Crippen molar-refractivity contribution in [2.45, 2.75) is 19.6 Å². The van der Waals surface area contributed by atoms with Gasteiger partial charge >= 0.3 is 0 Å². The molecule has 0 saturated carbocycles. The number of aromatic nitrogens is 1. The van der Waals surface area contributed by atoms with E-state index in [0.29, 0.717) is 5.76 Å². The topological polar surface area (TPSA) is 47.3 Å². The van der Waals surface area contributed by atoms with Gasteiger partial charge in [0.1, 0.15) is 6.61 Å². The fraction of sp³-hybridized carbons (Fsp3) is 0.308. The average Bonchev–Trinajstić information content (AvgIpc) is 2.89. The molecule has 0 radical (unpaired) electrons. The summed E-state index contributed by atoms with van der Waals surface area (Å²) in [4.78, 5) is 0. The minimum absolute atomic E-state index is 0.0998. The van der Waals surface area contributed by atoms with Crippen molar-refractivity contribution in [3.8, 4) is 5.75 Å². The van der Waals surface area contributed by atoms with Crippen LogP contribution in [0.4, 0.5) is 4.39 Å². The zero-order valence-electron chi connectivity index (χ0n) is 10.3. The summed E-state index contributed by atoms with van der Waals surface area (Å²) in [6.45, 7) is 2.13. The zero-order valence-corrected chi connectivity index (χ0v) is 10.3. The summed E-state index contributed by atoms with van der Waals surface area (Å²) in [5, 5.41) is 6.60. The van der Waals surface area contributed by atoms with Crippen molar-refractivity contribution in [3.63, 3.8) is 0 Å². The van der Waals surface area contributed by atoms with Gasteiger partial charge in [-0.25, -0.2) is 4.39 Å². The predicted molar refractivity (Wildman–Crippen MR) is 64.7 cm³/mol. The number of ether oxygens (including phenoxy) is 1. The number of nitrogens with zero attached hydrogens (tertiary/aromatic N) is 1. The molecule has 2 rings (SSSR count).